The van der Waals surface area contributed by atoms with E-state index in [9.17, 15) is 4.79 Å². The first-order valence-corrected chi connectivity index (χ1v) is 13.2. The quantitative estimate of drug-likeness (QED) is 0.118. The third kappa shape index (κ3) is 8.62. The van der Waals surface area contributed by atoms with Crippen LogP contribution in [0.3, 0.4) is 0 Å². The summed E-state index contributed by atoms with van der Waals surface area (Å²) in [6.07, 6.45) is 12.2. The fourth-order valence-corrected chi connectivity index (χ4v) is 4.02. The van der Waals surface area contributed by atoms with Gasteiger partial charge in [-0.15, -0.1) is 6.58 Å². The Bertz CT molecular complexity index is 643. The summed E-state index contributed by atoms with van der Waals surface area (Å²) in [5, 5.41) is 0.119. The molecule has 1 aliphatic carbocycles. The largest absolute Gasteiger partial charge is 0.453 e. The fourth-order valence-electron chi connectivity index (χ4n) is 2.74. The minimum atomic E-state index is -1.92. The Hall–Kier alpha value is -1.57. The molecular formula is C24H38O3Si. The maximum absolute atomic E-state index is 12.0. The lowest BCUT2D eigenvalue weighted by atomic mass is 10.1. The van der Waals surface area contributed by atoms with Crippen LogP contribution in [0.1, 0.15) is 53.9 Å². The van der Waals surface area contributed by atoms with E-state index in [2.05, 4.69) is 52.3 Å². The minimum absolute atomic E-state index is 0.106. The highest BCUT2D eigenvalue weighted by molar-refractivity contribution is 6.74. The van der Waals surface area contributed by atoms with Crippen LogP contribution < -0.4 is 0 Å². The van der Waals surface area contributed by atoms with Crippen molar-refractivity contribution in [1.29, 1.82) is 0 Å². The Kier molecular flexibility index (Phi) is 9.46. The molecule has 4 atom stereocenters. The molecule has 0 heterocycles. The van der Waals surface area contributed by atoms with Gasteiger partial charge in [0.25, 0.3) is 0 Å². The van der Waals surface area contributed by atoms with Crippen LogP contribution in [0.4, 0.5) is 0 Å². The number of rotatable bonds is 9. The van der Waals surface area contributed by atoms with Gasteiger partial charge in [-0.05, 0) is 56.7 Å². The number of carbonyl (C=O) groups is 1. The number of ether oxygens (including phenoxy) is 1. The Morgan fingerprint density at radius 1 is 1.32 bits per heavy atom. The van der Waals surface area contributed by atoms with E-state index in [0.717, 1.165) is 12.8 Å². The zero-order valence-electron chi connectivity index (χ0n) is 18.7. The lowest BCUT2D eigenvalue weighted by Gasteiger charge is -2.38. The lowest BCUT2D eigenvalue weighted by molar-refractivity contribution is -0.141. The first-order valence-electron chi connectivity index (χ1n) is 10.3. The summed E-state index contributed by atoms with van der Waals surface area (Å²) in [6, 6.07) is 0. The second-order valence-electron chi connectivity index (χ2n) is 9.18. The molecule has 1 rings (SSSR count). The third-order valence-electron chi connectivity index (χ3n) is 5.60. The summed E-state index contributed by atoms with van der Waals surface area (Å²) >= 11 is 0. The summed E-state index contributed by atoms with van der Waals surface area (Å²) < 4.78 is 11.9. The highest BCUT2D eigenvalue weighted by Crippen LogP contribution is 2.43. The molecule has 0 aromatic carbocycles. The SMILES string of the molecule is C=C[C@H]1C[C@@H]1C[C@@H](C)OC(=O)C#CCC(/C=C/C=C/C)O[Si](C)(C)C(C)(C)C. The van der Waals surface area contributed by atoms with Gasteiger partial charge < -0.3 is 9.16 Å². The molecule has 0 bridgehead atoms. The van der Waals surface area contributed by atoms with Gasteiger partial charge in [-0.25, -0.2) is 4.79 Å². The summed E-state index contributed by atoms with van der Waals surface area (Å²) in [5.74, 6) is 6.33. The second-order valence-corrected chi connectivity index (χ2v) is 13.9. The van der Waals surface area contributed by atoms with E-state index in [1.165, 1.54) is 0 Å². The summed E-state index contributed by atoms with van der Waals surface area (Å²) in [7, 11) is -1.92. The molecule has 156 valence electrons. The van der Waals surface area contributed by atoms with Gasteiger partial charge in [0.1, 0.15) is 6.10 Å². The first-order chi connectivity index (χ1) is 13.0. The van der Waals surface area contributed by atoms with Crippen LogP contribution in [0.5, 0.6) is 0 Å². The third-order valence-corrected chi connectivity index (χ3v) is 10.1. The molecule has 0 saturated heterocycles. The zero-order chi connectivity index (χ0) is 21.4. The van der Waals surface area contributed by atoms with E-state index in [-0.39, 0.29) is 17.2 Å². The van der Waals surface area contributed by atoms with Crippen molar-refractivity contribution in [3.63, 3.8) is 0 Å². The number of carbonyl (C=O) groups excluding carboxylic acids is 1. The normalized spacial score (nSPS) is 21.8. The van der Waals surface area contributed by atoms with Crippen LogP contribution in [-0.2, 0) is 14.0 Å². The Morgan fingerprint density at radius 3 is 2.54 bits per heavy atom. The van der Waals surface area contributed by atoms with E-state index in [1.807, 2.05) is 44.2 Å². The Balaban J connectivity index is 2.61. The van der Waals surface area contributed by atoms with Crippen molar-refractivity contribution in [1.82, 2.24) is 0 Å². The molecule has 3 nitrogen and oxygen atoms in total. The predicted molar refractivity (Wildman–Crippen MR) is 120 cm³/mol. The smallest absolute Gasteiger partial charge is 0.384 e. The maximum atomic E-state index is 12.0. The van der Waals surface area contributed by atoms with E-state index in [1.54, 1.807) is 0 Å². The van der Waals surface area contributed by atoms with Crippen molar-refractivity contribution < 1.29 is 14.0 Å². The van der Waals surface area contributed by atoms with Crippen molar-refractivity contribution in [2.75, 3.05) is 0 Å². The van der Waals surface area contributed by atoms with Gasteiger partial charge >= 0.3 is 5.97 Å². The predicted octanol–water partition coefficient (Wildman–Crippen LogP) is 6.05. The van der Waals surface area contributed by atoms with Crippen molar-refractivity contribution in [3.8, 4) is 11.8 Å². The molecule has 28 heavy (non-hydrogen) atoms. The number of hydrogen-bond donors (Lipinski definition) is 0. The van der Waals surface area contributed by atoms with Crippen LogP contribution >= 0.6 is 0 Å². The van der Waals surface area contributed by atoms with E-state index < -0.39 is 14.3 Å². The van der Waals surface area contributed by atoms with Crippen molar-refractivity contribution in [3.05, 3.63) is 37.0 Å². The molecule has 4 heteroatoms. The van der Waals surface area contributed by atoms with Gasteiger partial charge in [-0.2, -0.15) is 0 Å². The van der Waals surface area contributed by atoms with Crippen molar-refractivity contribution >= 4 is 14.3 Å². The molecule has 1 unspecified atom stereocenters. The van der Waals surface area contributed by atoms with E-state index in [0.29, 0.717) is 18.3 Å². The molecule has 0 N–H and O–H groups in total. The molecule has 0 aromatic rings. The van der Waals surface area contributed by atoms with Gasteiger partial charge in [0.15, 0.2) is 8.32 Å². The minimum Gasteiger partial charge on any atom is -0.453 e. The average molecular weight is 403 g/mol. The number of allylic oxidation sites excluding steroid dienone is 4. The lowest BCUT2D eigenvalue weighted by Crippen LogP contribution is -2.43. The highest BCUT2D eigenvalue weighted by atomic mass is 28.4. The zero-order valence-corrected chi connectivity index (χ0v) is 19.7. The first kappa shape index (κ1) is 24.5. The summed E-state index contributed by atoms with van der Waals surface area (Å²) in [6.45, 7) is 18.8. The Morgan fingerprint density at radius 2 is 2.00 bits per heavy atom. The molecule has 0 amide bonds. The topological polar surface area (TPSA) is 35.5 Å². The van der Waals surface area contributed by atoms with Gasteiger partial charge in [-0.3, -0.25) is 0 Å². The molecule has 0 radical (unpaired) electrons. The average Bonchev–Trinajstić information content (AvgIpc) is 3.31. The molecule has 1 aliphatic rings. The second kappa shape index (κ2) is 10.8. The van der Waals surface area contributed by atoms with Gasteiger partial charge in [0.05, 0.1) is 6.10 Å². The number of hydrogen-bond acceptors (Lipinski definition) is 3. The van der Waals surface area contributed by atoms with E-state index >= 15 is 0 Å². The Labute approximate surface area is 173 Å². The molecular weight excluding hydrogens is 364 g/mol. The summed E-state index contributed by atoms with van der Waals surface area (Å²) in [5.41, 5.74) is 0. The molecule has 1 saturated carbocycles. The van der Waals surface area contributed by atoms with Crippen LogP contribution in [-0.4, -0.2) is 26.5 Å². The van der Waals surface area contributed by atoms with Crippen LogP contribution in [0.25, 0.3) is 0 Å². The fraction of sp³-hybridized carbons (Fsp3) is 0.625. The van der Waals surface area contributed by atoms with Crippen molar-refractivity contribution in [2.24, 2.45) is 11.8 Å². The van der Waals surface area contributed by atoms with E-state index in [4.69, 9.17) is 9.16 Å². The molecule has 1 fully saturated rings. The number of esters is 1. The molecule has 0 aliphatic heterocycles. The standard InChI is InChI=1S/C24H38O3Si/c1-9-11-12-14-22(27-28(7,8)24(4,5)6)15-13-16-23(25)26-19(3)17-21-18-20(21)10-2/h9-12,14,19-22H,2,15,17-18H2,1,3-8H3/b11-9+,14-12+/t19-,20+,21+,22?/m1/s1. The van der Waals surface area contributed by atoms with Crippen LogP contribution in [0, 0.1) is 23.7 Å². The van der Waals surface area contributed by atoms with Crippen molar-refractivity contribution in [2.45, 2.75) is 84.2 Å². The van der Waals surface area contributed by atoms with Gasteiger partial charge in [0.2, 0.25) is 0 Å². The monoisotopic (exact) mass is 402 g/mol. The van der Waals surface area contributed by atoms with Crippen LogP contribution in [0.2, 0.25) is 18.1 Å². The summed E-state index contributed by atoms with van der Waals surface area (Å²) in [4.78, 5) is 12.0. The van der Waals surface area contributed by atoms with Gasteiger partial charge in [0, 0.05) is 12.3 Å². The molecule has 0 aromatic heterocycles. The van der Waals surface area contributed by atoms with Gasteiger partial charge in [-0.1, -0.05) is 57.1 Å². The van der Waals surface area contributed by atoms with Crippen LogP contribution in [0.15, 0.2) is 37.0 Å². The maximum Gasteiger partial charge on any atom is 0.384 e. The highest BCUT2D eigenvalue weighted by Gasteiger charge is 2.38. The molecule has 0 spiro atoms.